The lowest BCUT2D eigenvalue weighted by Crippen LogP contribution is -2.26. The first-order valence-corrected chi connectivity index (χ1v) is 5.67. The van der Waals surface area contributed by atoms with Crippen LogP contribution in [-0.4, -0.2) is 22.9 Å². The van der Waals surface area contributed by atoms with Crippen LogP contribution in [0.2, 0.25) is 0 Å². The van der Waals surface area contributed by atoms with Crippen molar-refractivity contribution in [2.24, 2.45) is 0 Å². The molecular formula is C11H11N3OS. The minimum atomic E-state index is -0.240. The SMILES string of the molecule is CNC(=O)n1nccc1/C=C/c1cccs1. The molecule has 0 aliphatic rings. The first-order chi connectivity index (χ1) is 7.81. The van der Waals surface area contributed by atoms with Crippen LogP contribution in [0.3, 0.4) is 0 Å². The van der Waals surface area contributed by atoms with Crippen molar-refractivity contribution in [3.8, 4) is 0 Å². The third kappa shape index (κ3) is 2.20. The van der Waals surface area contributed by atoms with Gasteiger partial charge in [0.1, 0.15) is 0 Å². The van der Waals surface area contributed by atoms with Gasteiger partial charge in [-0.1, -0.05) is 6.07 Å². The minimum absolute atomic E-state index is 0.240. The van der Waals surface area contributed by atoms with Gasteiger partial charge in [0.2, 0.25) is 0 Å². The van der Waals surface area contributed by atoms with Gasteiger partial charge in [0.25, 0.3) is 0 Å². The Hall–Kier alpha value is -1.88. The number of carbonyl (C=O) groups is 1. The molecule has 1 amide bonds. The number of nitrogens with one attached hydrogen (secondary N) is 1. The van der Waals surface area contributed by atoms with Gasteiger partial charge in [-0.05, 0) is 29.7 Å². The van der Waals surface area contributed by atoms with Crippen LogP contribution in [-0.2, 0) is 0 Å². The summed E-state index contributed by atoms with van der Waals surface area (Å²) in [6, 6.07) is 5.55. The maximum Gasteiger partial charge on any atom is 0.342 e. The third-order valence-electron chi connectivity index (χ3n) is 2.04. The summed E-state index contributed by atoms with van der Waals surface area (Å²) >= 11 is 1.65. The van der Waals surface area contributed by atoms with Crippen LogP contribution < -0.4 is 5.32 Å². The molecule has 2 aromatic rings. The van der Waals surface area contributed by atoms with Gasteiger partial charge in [-0.2, -0.15) is 9.78 Å². The predicted octanol–water partition coefficient (Wildman–Crippen LogP) is 2.30. The Bertz CT molecular complexity index is 499. The van der Waals surface area contributed by atoms with Crippen molar-refractivity contribution in [2.45, 2.75) is 0 Å². The van der Waals surface area contributed by atoms with Crippen LogP contribution in [0.15, 0.2) is 29.8 Å². The van der Waals surface area contributed by atoms with Crippen molar-refractivity contribution in [3.63, 3.8) is 0 Å². The first kappa shape index (κ1) is 10.6. The molecule has 16 heavy (non-hydrogen) atoms. The molecule has 0 aliphatic carbocycles. The number of hydrogen-bond donors (Lipinski definition) is 1. The molecule has 2 aromatic heterocycles. The summed E-state index contributed by atoms with van der Waals surface area (Å²) < 4.78 is 1.32. The fourth-order valence-electron chi connectivity index (χ4n) is 1.27. The number of thiophene rings is 1. The van der Waals surface area contributed by atoms with E-state index in [1.165, 1.54) is 4.68 Å². The standard InChI is InChI=1S/C11H11N3OS/c1-12-11(15)14-9(6-7-13-14)4-5-10-3-2-8-16-10/h2-8H,1H3,(H,12,15)/b5-4+. The molecule has 0 radical (unpaired) electrons. The molecule has 2 rings (SSSR count). The summed E-state index contributed by atoms with van der Waals surface area (Å²) in [6.07, 6.45) is 5.43. The average Bonchev–Trinajstić information content (AvgIpc) is 2.96. The number of amides is 1. The maximum absolute atomic E-state index is 11.4. The minimum Gasteiger partial charge on any atom is -0.339 e. The Balaban J connectivity index is 2.22. The Morgan fingerprint density at radius 2 is 2.38 bits per heavy atom. The zero-order valence-electron chi connectivity index (χ0n) is 8.75. The van der Waals surface area contributed by atoms with Crippen LogP contribution >= 0.6 is 11.3 Å². The van der Waals surface area contributed by atoms with Crippen LogP contribution in [0, 0.1) is 0 Å². The summed E-state index contributed by atoms with van der Waals surface area (Å²) in [7, 11) is 1.58. The molecular weight excluding hydrogens is 222 g/mol. The number of rotatable bonds is 2. The largest absolute Gasteiger partial charge is 0.342 e. The molecule has 0 bridgehead atoms. The second-order valence-corrected chi connectivity index (χ2v) is 4.05. The summed E-state index contributed by atoms with van der Waals surface area (Å²) in [5.41, 5.74) is 0.757. The quantitative estimate of drug-likeness (QED) is 0.865. The number of aromatic nitrogens is 2. The third-order valence-corrected chi connectivity index (χ3v) is 2.88. The first-order valence-electron chi connectivity index (χ1n) is 4.79. The molecule has 0 spiro atoms. The van der Waals surface area contributed by atoms with E-state index in [1.807, 2.05) is 29.7 Å². The molecule has 2 heterocycles. The van der Waals surface area contributed by atoms with Gasteiger partial charge in [-0.25, -0.2) is 4.79 Å². The lowest BCUT2D eigenvalue weighted by atomic mass is 10.3. The van der Waals surface area contributed by atoms with Crippen LogP contribution in [0.5, 0.6) is 0 Å². The lowest BCUT2D eigenvalue weighted by molar-refractivity contribution is 0.241. The summed E-state index contributed by atoms with van der Waals surface area (Å²) in [4.78, 5) is 12.6. The van der Waals surface area contributed by atoms with E-state index in [9.17, 15) is 4.79 Å². The van der Waals surface area contributed by atoms with E-state index in [0.717, 1.165) is 10.6 Å². The Kier molecular flexibility index (Phi) is 3.16. The Morgan fingerprint density at radius 1 is 1.50 bits per heavy atom. The molecule has 82 valence electrons. The zero-order chi connectivity index (χ0) is 11.4. The van der Waals surface area contributed by atoms with Gasteiger partial charge in [-0.15, -0.1) is 11.3 Å². The van der Waals surface area contributed by atoms with E-state index < -0.39 is 0 Å². The van der Waals surface area contributed by atoms with Crippen molar-refractivity contribution in [1.29, 1.82) is 0 Å². The van der Waals surface area contributed by atoms with Gasteiger partial charge in [-0.3, -0.25) is 0 Å². The van der Waals surface area contributed by atoms with E-state index in [1.54, 1.807) is 30.6 Å². The van der Waals surface area contributed by atoms with E-state index in [4.69, 9.17) is 0 Å². The number of hydrogen-bond acceptors (Lipinski definition) is 3. The molecule has 0 aromatic carbocycles. The number of carbonyl (C=O) groups excluding carboxylic acids is 1. The van der Waals surface area contributed by atoms with Crippen molar-refractivity contribution in [3.05, 3.63) is 40.3 Å². The fraction of sp³-hybridized carbons (Fsp3) is 0.0909. The molecule has 0 saturated carbocycles. The second kappa shape index (κ2) is 4.76. The van der Waals surface area contributed by atoms with Crippen LogP contribution in [0.25, 0.3) is 12.2 Å². The zero-order valence-corrected chi connectivity index (χ0v) is 9.57. The van der Waals surface area contributed by atoms with Crippen LogP contribution in [0.1, 0.15) is 10.6 Å². The smallest absolute Gasteiger partial charge is 0.339 e. The average molecular weight is 233 g/mol. The molecule has 0 fully saturated rings. The van der Waals surface area contributed by atoms with Gasteiger partial charge in [0.05, 0.1) is 11.9 Å². The highest BCUT2D eigenvalue weighted by Gasteiger charge is 2.05. The lowest BCUT2D eigenvalue weighted by Gasteiger charge is -2.00. The van der Waals surface area contributed by atoms with E-state index >= 15 is 0 Å². The van der Waals surface area contributed by atoms with E-state index in [2.05, 4.69) is 10.4 Å². The Morgan fingerprint density at radius 3 is 3.06 bits per heavy atom. The molecule has 4 nitrogen and oxygen atoms in total. The highest BCUT2D eigenvalue weighted by molar-refractivity contribution is 7.10. The molecule has 0 saturated heterocycles. The van der Waals surface area contributed by atoms with Crippen molar-refractivity contribution in [2.75, 3.05) is 7.05 Å². The summed E-state index contributed by atoms with van der Waals surface area (Å²) in [5.74, 6) is 0. The normalized spacial score (nSPS) is 10.8. The van der Waals surface area contributed by atoms with Gasteiger partial charge < -0.3 is 5.32 Å². The molecule has 1 N–H and O–H groups in total. The molecule has 0 aliphatic heterocycles. The van der Waals surface area contributed by atoms with Crippen molar-refractivity contribution in [1.82, 2.24) is 15.1 Å². The fourth-order valence-corrected chi connectivity index (χ4v) is 1.89. The van der Waals surface area contributed by atoms with Gasteiger partial charge >= 0.3 is 6.03 Å². The van der Waals surface area contributed by atoms with Crippen molar-refractivity contribution >= 4 is 29.5 Å². The van der Waals surface area contributed by atoms with E-state index in [0.29, 0.717) is 0 Å². The monoisotopic (exact) mass is 233 g/mol. The summed E-state index contributed by atoms with van der Waals surface area (Å²) in [5, 5.41) is 8.48. The predicted molar refractivity (Wildman–Crippen MR) is 65.3 cm³/mol. The molecule has 5 heteroatoms. The maximum atomic E-state index is 11.4. The van der Waals surface area contributed by atoms with Crippen molar-refractivity contribution < 1.29 is 4.79 Å². The van der Waals surface area contributed by atoms with E-state index in [-0.39, 0.29) is 6.03 Å². The highest BCUT2D eigenvalue weighted by atomic mass is 32.1. The molecule has 0 atom stereocenters. The topological polar surface area (TPSA) is 46.9 Å². The Labute approximate surface area is 97.2 Å². The van der Waals surface area contributed by atoms with Gasteiger partial charge in [0, 0.05) is 11.9 Å². The number of nitrogens with zero attached hydrogens (tertiary/aromatic N) is 2. The van der Waals surface area contributed by atoms with Gasteiger partial charge in [0.15, 0.2) is 0 Å². The second-order valence-electron chi connectivity index (χ2n) is 3.07. The highest BCUT2D eigenvalue weighted by Crippen LogP contribution is 2.13. The van der Waals surface area contributed by atoms with Crippen LogP contribution in [0.4, 0.5) is 4.79 Å². The summed E-state index contributed by atoms with van der Waals surface area (Å²) in [6.45, 7) is 0. The molecule has 0 unspecified atom stereocenters.